The van der Waals surface area contributed by atoms with Crippen molar-refractivity contribution in [3.05, 3.63) is 84.2 Å². The summed E-state index contributed by atoms with van der Waals surface area (Å²) in [6.45, 7) is 2.04. The summed E-state index contributed by atoms with van der Waals surface area (Å²) in [4.78, 5) is 58.4. The fourth-order valence-corrected chi connectivity index (χ4v) is 4.85. The molecule has 2 N–H and O–H groups in total. The maximum absolute atomic E-state index is 13.3. The molecule has 0 radical (unpaired) electrons. The van der Waals surface area contributed by atoms with Crippen molar-refractivity contribution in [2.24, 2.45) is 0 Å². The second-order valence-corrected chi connectivity index (χ2v) is 8.99. The highest BCUT2D eigenvalue weighted by molar-refractivity contribution is 6.10. The number of hydrogen-bond donors (Lipinski definition) is 2. The summed E-state index contributed by atoms with van der Waals surface area (Å²) in [6, 6.07) is 17.3. The Morgan fingerprint density at radius 2 is 1.78 bits per heavy atom. The summed E-state index contributed by atoms with van der Waals surface area (Å²) in [5.74, 6) is -0.805. The molecule has 182 valence electrons. The van der Waals surface area contributed by atoms with E-state index in [4.69, 9.17) is 0 Å². The summed E-state index contributed by atoms with van der Waals surface area (Å²) < 4.78 is 0. The van der Waals surface area contributed by atoms with Crippen molar-refractivity contribution in [2.45, 2.75) is 31.8 Å². The number of hydrogen-bond acceptors (Lipinski definition) is 5. The number of amides is 4. The Labute approximate surface area is 208 Å². The number of fused-ring (bicyclic) bond motifs is 3. The zero-order chi connectivity index (χ0) is 25.3. The maximum atomic E-state index is 13.3. The SMILES string of the molecule is CC12CCC(=O)N1c1ccccc1C(=O)N2CCC(=O)Nc1cccc(NC(=O)c2cccnc2)c1. The lowest BCUT2D eigenvalue weighted by Gasteiger charge is -2.48. The van der Waals surface area contributed by atoms with Crippen LogP contribution in [0.3, 0.4) is 0 Å². The summed E-state index contributed by atoms with van der Waals surface area (Å²) in [7, 11) is 0. The van der Waals surface area contributed by atoms with E-state index in [-0.39, 0.29) is 36.6 Å². The molecule has 1 atom stereocenters. The highest BCUT2D eigenvalue weighted by Gasteiger charge is 2.52. The minimum Gasteiger partial charge on any atom is -0.326 e. The van der Waals surface area contributed by atoms with Crippen LogP contribution in [-0.2, 0) is 9.59 Å². The average molecular weight is 484 g/mol. The molecule has 9 heteroatoms. The van der Waals surface area contributed by atoms with Crippen molar-refractivity contribution >= 4 is 40.7 Å². The summed E-state index contributed by atoms with van der Waals surface area (Å²) in [5, 5.41) is 5.61. The molecule has 0 aliphatic carbocycles. The van der Waals surface area contributed by atoms with Gasteiger partial charge in [-0.15, -0.1) is 0 Å². The van der Waals surface area contributed by atoms with Crippen LogP contribution in [0.25, 0.3) is 0 Å². The summed E-state index contributed by atoms with van der Waals surface area (Å²) >= 11 is 0. The van der Waals surface area contributed by atoms with Crippen LogP contribution in [-0.4, -0.2) is 45.7 Å². The number of anilines is 3. The maximum Gasteiger partial charge on any atom is 0.257 e. The van der Waals surface area contributed by atoms with Gasteiger partial charge in [-0.2, -0.15) is 0 Å². The van der Waals surface area contributed by atoms with Crippen molar-refractivity contribution in [1.82, 2.24) is 9.88 Å². The molecule has 1 unspecified atom stereocenters. The molecule has 0 spiro atoms. The normalized spacial score (nSPS) is 18.5. The first-order valence-corrected chi connectivity index (χ1v) is 11.7. The van der Waals surface area contributed by atoms with Crippen LogP contribution in [0.5, 0.6) is 0 Å². The Morgan fingerprint density at radius 1 is 1.00 bits per heavy atom. The number of para-hydroxylation sites is 1. The Bertz CT molecular complexity index is 1360. The van der Waals surface area contributed by atoms with Crippen molar-refractivity contribution in [3.63, 3.8) is 0 Å². The molecule has 9 nitrogen and oxygen atoms in total. The number of nitrogens with zero attached hydrogens (tertiary/aromatic N) is 3. The van der Waals surface area contributed by atoms with Gasteiger partial charge in [0.05, 0.1) is 16.8 Å². The van der Waals surface area contributed by atoms with E-state index in [1.165, 1.54) is 6.20 Å². The van der Waals surface area contributed by atoms with Crippen molar-refractivity contribution in [2.75, 3.05) is 22.1 Å². The average Bonchev–Trinajstić information content (AvgIpc) is 3.19. The molecule has 2 aliphatic rings. The number of pyridine rings is 1. The Hall–Kier alpha value is -4.53. The topological polar surface area (TPSA) is 112 Å². The molecule has 2 aromatic carbocycles. The second kappa shape index (κ2) is 9.26. The molecule has 1 fully saturated rings. The van der Waals surface area contributed by atoms with Gasteiger partial charge in [-0.3, -0.25) is 29.1 Å². The lowest BCUT2D eigenvalue weighted by atomic mass is 9.98. The number of rotatable bonds is 6. The summed E-state index contributed by atoms with van der Waals surface area (Å²) in [6.07, 6.45) is 3.97. The first-order chi connectivity index (χ1) is 17.4. The predicted molar refractivity (Wildman–Crippen MR) is 134 cm³/mol. The second-order valence-electron chi connectivity index (χ2n) is 8.99. The van der Waals surface area contributed by atoms with E-state index in [1.54, 1.807) is 70.6 Å². The van der Waals surface area contributed by atoms with Gasteiger partial charge in [0.15, 0.2) is 0 Å². The lowest BCUT2D eigenvalue weighted by Crippen LogP contribution is -2.62. The monoisotopic (exact) mass is 483 g/mol. The number of aromatic nitrogens is 1. The zero-order valence-electron chi connectivity index (χ0n) is 19.7. The van der Waals surface area contributed by atoms with Gasteiger partial charge in [0, 0.05) is 43.2 Å². The van der Waals surface area contributed by atoms with Gasteiger partial charge in [0.2, 0.25) is 11.8 Å². The van der Waals surface area contributed by atoms with Gasteiger partial charge in [-0.25, -0.2) is 0 Å². The van der Waals surface area contributed by atoms with E-state index in [0.717, 1.165) is 0 Å². The molecule has 5 rings (SSSR count). The number of nitrogens with one attached hydrogen (secondary N) is 2. The van der Waals surface area contributed by atoms with Gasteiger partial charge >= 0.3 is 0 Å². The Kier molecular flexibility index (Phi) is 5.97. The molecule has 0 saturated carbocycles. The minimum atomic E-state index is -0.806. The molecule has 1 saturated heterocycles. The van der Waals surface area contributed by atoms with Crippen LogP contribution in [0.1, 0.15) is 46.9 Å². The minimum absolute atomic E-state index is 0.0305. The van der Waals surface area contributed by atoms with Gasteiger partial charge in [0.25, 0.3) is 11.8 Å². The first-order valence-electron chi connectivity index (χ1n) is 11.7. The molecule has 3 heterocycles. The van der Waals surface area contributed by atoms with Gasteiger partial charge in [0.1, 0.15) is 5.66 Å². The van der Waals surface area contributed by atoms with Crippen LogP contribution in [0.2, 0.25) is 0 Å². The van der Waals surface area contributed by atoms with Crippen LogP contribution in [0.4, 0.5) is 17.1 Å². The van der Waals surface area contributed by atoms with E-state index in [9.17, 15) is 19.2 Å². The van der Waals surface area contributed by atoms with Gasteiger partial charge in [-0.05, 0) is 55.8 Å². The molecule has 2 aliphatic heterocycles. The predicted octanol–water partition coefficient (Wildman–Crippen LogP) is 3.66. The van der Waals surface area contributed by atoms with Crippen LogP contribution >= 0.6 is 0 Å². The molecule has 1 aromatic heterocycles. The van der Waals surface area contributed by atoms with Crippen LogP contribution < -0.4 is 15.5 Å². The Balaban J connectivity index is 1.26. The number of benzene rings is 2. The van der Waals surface area contributed by atoms with Gasteiger partial charge < -0.3 is 15.5 Å². The highest BCUT2D eigenvalue weighted by atomic mass is 16.2. The molecular weight excluding hydrogens is 458 g/mol. The fourth-order valence-electron chi connectivity index (χ4n) is 4.85. The molecule has 3 aromatic rings. The molecule has 0 bridgehead atoms. The third-order valence-electron chi connectivity index (χ3n) is 6.64. The number of carbonyl (C=O) groups excluding carboxylic acids is 4. The van der Waals surface area contributed by atoms with Crippen molar-refractivity contribution in [3.8, 4) is 0 Å². The third-order valence-corrected chi connectivity index (χ3v) is 6.64. The number of carbonyl (C=O) groups is 4. The largest absolute Gasteiger partial charge is 0.326 e. The lowest BCUT2D eigenvalue weighted by molar-refractivity contribution is -0.117. The third kappa shape index (κ3) is 4.19. The van der Waals surface area contributed by atoms with E-state index >= 15 is 0 Å². The highest BCUT2D eigenvalue weighted by Crippen LogP contribution is 2.43. The quantitative estimate of drug-likeness (QED) is 0.556. The van der Waals surface area contributed by atoms with E-state index < -0.39 is 5.66 Å². The first kappa shape index (κ1) is 23.2. The standard InChI is InChI=1S/C27H25N5O4/c1-27-13-11-24(34)32(27)22-10-3-2-9-21(22)26(36)31(27)15-12-23(33)29-19-7-4-8-20(16-19)30-25(35)18-6-5-14-28-17-18/h2-10,14,16-17H,11-13,15H2,1H3,(H,29,33)(H,30,35). The van der Waals surface area contributed by atoms with E-state index in [1.807, 2.05) is 13.0 Å². The van der Waals surface area contributed by atoms with E-state index in [2.05, 4.69) is 15.6 Å². The molecule has 4 amide bonds. The van der Waals surface area contributed by atoms with Gasteiger partial charge in [-0.1, -0.05) is 18.2 Å². The van der Waals surface area contributed by atoms with E-state index in [0.29, 0.717) is 41.0 Å². The molecular formula is C27H25N5O4. The summed E-state index contributed by atoms with van der Waals surface area (Å²) in [5.41, 5.74) is 1.74. The zero-order valence-corrected chi connectivity index (χ0v) is 19.7. The van der Waals surface area contributed by atoms with Crippen LogP contribution in [0.15, 0.2) is 73.1 Å². The smallest absolute Gasteiger partial charge is 0.257 e. The Morgan fingerprint density at radius 3 is 2.56 bits per heavy atom. The van der Waals surface area contributed by atoms with Crippen molar-refractivity contribution in [1.29, 1.82) is 0 Å². The van der Waals surface area contributed by atoms with Crippen LogP contribution in [0, 0.1) is 0 Å². The van der Waals surface area contributed by atoms with Crippen molar-refractivity contribution < 1.29 is 19.2 Å². The fraction of sp³-hybridized carbons (Fsp3) is 0.222. The molecule has 36 heavy (non-hydrogen) atoms.